The molecule has 7 heteroatoms. The van der Waals surface area contributed by atoms with Crippen LogP contribution in [0.5, 0.6) is 5.75 Å². The largest absolute Gasteiger partial charge is 0.507 e. The number of likely N-dealkylation sites (tertiary alicyclic amines) is 1. The van der Waals surface area contributed by atoms with Crippen LogP contribution in [0.2, 0.25) is 0 Å². The third-order valence-electron chi connectivity index (χ3n) is 7.55. The Hall–Kier alpha value is -2.48. The van der Waals surface area contributed by atoms with E-state index in [0.717, 1.165) is 28.7 Å². The average molecular weight is 486 g/mol. The number of amides is 2. The standard InChI is InChI=1S/C28H39NO6/c1-5-9-29-27(34)21-13-20(14-30)24(22(15-31)25(21)28(29)35)23(32)8-7-18(6-2)12-19-10-16(3)26(33)17(4)11-19/h10-12,21-23,25,30-33H,5-9,13-15H2,1-4H3/b18-12+/t21-,22+,23-,25-/m1/s1. The van der Waals surface area contributed by atoms with Gasteiger partial charge in [0, 0.05) is 12.5 Å². The highest BCUT2D eigenvalue weighted by Gasteiger charge is 2.54. The molecule has 0 saturated carbocycles. The van der Waals surface area contributed by atoms with Gasteiger partial charge in [0.2, 0.25) is 11.8 Å². The van der Waals surface area contributed by atoms with Crippen LogP contribution in [0.4, 0.5) is 0 Å². The minimum atomic E-state index is -0.934. The Bertz CT molecular complexity index is 1000. The highest BCUT2D eigenvalue weighted by Crippen LogP contribution is 2.46. The molecule has 1 aliphatic heterocycles. The smallest absolute Gasteiger partial charge is 0.233 e. The number of aromatic hydroxyl groups is 1. The van der Waals surface area contributed by atoms with Gasteiger partial charge in [0.15, 0.2) is 0 Å². The quantitative estimate of drug-likeness (QED) is 0.298. The van der Waals surface area contributed by atoms with Crippen molar-refractivity contribution in [2.45, 2.75) is 65.9 Å². The van der Waals surface area contributed by atoms with Crippen molar-refractivity contribution in [2.75, 3.05) is 19.8 Å². The van der Waals surface area contributed by atoms with Crippen LogP contribution in [-0.4, -0.2) is 63.0 Å². The number of hydrogen-bond donors (Lipinski definition) is 4. The molecule has 1 aromatic rings. The van der Waals surface area contributed by atoms with E-state index in [1.165, 1.54) is 4.90 Å². The summed E-state index contributed by atoms with van der Waals surface area (Å²) in [5.41, 5.74) is 4.79. The Morgan fingerprint density at radius 3 is 2.34 bits per heavy atom. The number of aliphatic hydroxyl groups is 3. The van der Waals surface area contributed by atoms with Crippen LogP contribution >= 0.6 is 0 Å². The molecule has 192 valence electrons. The molecule has 1 heterocycles. The number of hydrogen-bond acceptors (Lipinski definition) is 6. The number of imide groups is 1. The molecule has 1 aliphatic carbocycles. The molecule has 2 amide bonds. The van der Waals surface area contributed by atoms with Crippen LogP contribution in [0, 0.1) is 31.6 Å². The van der Waals surface area contributed by atoms with Crippen molar-refractivity contribution in [1.82, 2.24) is 4.90 Å². The summed E-state index contributed by atoms with van der Waals surface area (Å²) >= 11 is 0. The second-order valence-corrected chi connectivity index (χ2v) is 9.88. The number of phenolic OH excluding ortho intramolecular Hbond substituents is 1. The number of carbonyl (C=O) groups is 2. The highest BCUT2D eigenvalue weighted by atomic mass is 16.3. The van der Waals surface area contributed by atoms with Gasteiger partial charge in [0.05, 0.1) is 31.2 Å². The molecule has 4 N–H and O–H groups in total. The Balaban J connectivity index is 1.83. The molecule has 0 bridgehead atoms. The summed E-state index contributed by atoms with van der Waals surface area (Å²) in [6.45, 7) is 7.33. The summed E-state index contributed by atoms with van der Waals surface area (Å²) in [5.74, 6) is -2.19. The minimum Gasteiger partial charge on any atom is -0.507 e. The SMILES string of the molecule is CCCN1C(=O)[C@@H]2[C@@H](CC(CO)=C([C@H](O)CC/C(=C/c3cc(C)c(O)c(C)c3)CC)[C@@H]2CO)C1=O. The summed E-state index contributed by atoms with van der Waals surface area (Å²) in [6.07, 6.45) is 3.78. The molecule has 0 radical (unpaired) electrons. The topological polar surface area (TPSA) is 118 Å². The fourth-order valence-electron chi connectivity index (χ4n) is 5.75. The van der Waals surface area contributed by atoms with E-state index >= 15 is 0 Å². The van der Waals surface area contributed by atoms with Gasteiger partial charge in [0.1, 0.15) is 5.75 Å². The van der Waals surface area contributed by atoms with Gasteiger partial charge in [-0.15, -0.1) is 0 Å². The number of fused-ring (bicyclic) bond motifs is 1. The third kappa shape index (κ3) is 5.37. The van der Waals surface area contributed by atoms with E-state index < -0.39 is 23.9 Å². The summed E-state index contributed by atoms with van der Waals surface area (Å²) in [4.78, 5) is 27.2. The first-order chi connectivity index (χ1) is 16.7. The van der Waals surface area contributed by atoms with Gasteiger partial charge < -0.3 is 20.4 Å². The molecule has 0 aromatic heterocycles. The lowest BCUT2D eigenvalue weighted by atomic mass is 9.68. The van der Waals surface area contributed by atoms with E-state index in [9.17, 15) is 30.0 Å². The zero-order valence-corrected chi connectivity index (χ0v) is 21.3. The highest BCUT2D eigenvalue weighted by molar-refractivity contribution is 6.05. The Labute approximate surface area is 207 Å². The maximum atomic E-state index is 13.1. The number of allylic oxidation sites excluding steroid dienone is 1. The molecular formula is C28H39NO6. The maximum Gasteiger partial charge on any atom is 0.233 e. The molecule has 35 heavy (non-hydrogen) atoms. The van der Waals surface area contributed by atoms with Gasteiger partial charge in [-0.05, 0) is 85.9 Å². The normalized spacial score (nSPS) is 23.8. The van der Waals surface area contributed by atoms with Crippen LogP contribution in [0.15, 0.2) is 28.9 Å². The molecule has 3 rings (SSSR count). The van der Waals surface area contributed by atoms with E-state index in [0.29, 0.717) is 42.7 Å². The molecule has 1 aromatic carbocycles. The van der Waals surface area contributed by atoms with Crippen molar-refractivity contribution in [2.24, 2.45) is 17.8 Å². The van der Waals surface area contributed by atoms with Gasteiger partial charge in [-0.25, -0.2) is 0 Å². The molecule has 1 saturated heterocycles. The minimum absolute atomic E-state index is 0.234. The monoisotopic (exact) mass is 485 g/mol. The van der Waals surface area contributed by atoms with Gasteiger partial charge in [0.25, 0.3) is 0 Å². The molecule has 0 unspecified atom stereocenters. The number of aliphatic hydroxyl groups excluding tert-OH is 3. The average Bonchev–Trinajstić information content (AvgIpc) is 3.08. The first kappa shape index (κ1) is 27.1. The predicted octanol–water partition coefficient (Wildman–Crippen LogP) is 3.26. The molecule has 2 aliphatic rings. The predicted molar refractivity (Wildman–Crippen MR) is 134 cm³/mol. The first-order valence-corrected chi connectivity index (χ1v) is 12.6. The van der Waals surface area contributed by atoms with Crippen LogP contribution in [0.25, 0.3) is 6.08 Å². The molecule has 4 atom stereocenters. The molecule has 1 fully saturated rings. The van der Waals surface area contributed by atoms with E-state index in [1.807, 2.05) is 39.8 Å². The van der Waals surface area contributed by atoms with Crippen molar-refractivity contribution in [3.05, 3.63) is 45.5 Å². The zero-order chi connectivity index (χ0) is 25.9. The lowest BCUT2D eigenvalue weighted by Crippen LogP contribution is -2.39. The van der Waals surface area contributed by atoms with Gasteiger partial charge in [-0.1, -0.05) is 25.5 Å². The van der Waals surface area contributed by atoms with E-state index in [4.69, 9.17) is 0 Å². The number of nitrogens with zero attached hydrogens (tertiary/aromatic N) is 1. The Morgan fingerprint density at radius 2 is 1.80 bits per heavy atom. The van der Waals surface area contributed by atoms with Crippen LogP contribution in [-0.2, 0) is 9.59 Å². The van der Waals surface area contributed by atoms with Crippen molar-refractivity contribution in [3.63, 3.8) is 0 Å². The number of aryl methyl sites for hydroxylation is 2. The Morgan fingerprint density at radius 1 is 1.14 bits per heavy atom. The molecule has 7 nitrogen and oxygen atoms in total. The lowest BCUT2D eigenvalue weighted by Gasteiger charge is -2.36. The third-order valence-corrected chi connectivity index (χ3v) is 7.55. The number of rotatable bonds is 10. The van der Waals surface area contributed by atoms with E-state index in [1.54, 1.807) is 0 Å². The van der Waals surface area contributed by atoms with Gasteiger partial charge >= 0.3 is 0 Å². The van der Waals surface area contributed by atoms with Crippen LogP contribution in [0.3, 0.4) is 0 Å². The van der Waals surface area contributed by atoms with Crippen molar-refractivity contribution in [1.29, 1.82) is 0 Å². The molecule has 0 spiro atoms. The van der Waals surface area contributed by atoms with Crippen LogP contribution < -0.4 is 0 Å². The fourth-order valence-corrected chi connectivity index (χ4v) is 5.75. The summed E-state index contributed by atoms with van der Waals surface area (Å²) in [5, 5.41) is 41.5. The summed E-state index contributed by atoms with van der Waals surface area (Å²) < 4.78 is 0. The first-order valence-electron chi connectivity index (χ1n) is 12.6. The molecular weight excluding hydrogens is 446 g/mol. The lowest BCUT2D eigenvalue weighted by molar-refractivity contribution is -0.140. The second kappa shape index (κ2) is 11.5. The number of carbonyl (C=O) groups excluding carboxylic acids is 2. The van der Waals surface area contributed by atoms with Crippen LogP contribution in [0.1, 0.15) is 62.6 Å². The zero-order valence-electron chi connectivity index (χ0n) is 21.3. The van der Waals surface area contributed by atoms with Gasteiger partial charge in [-0.3, -0.25) is 14.5 Å². The maximum absolute atomic E-state index is 13.1. The van der Waals surface area contributed by atoms with E-state index in [-0.39, 0.29) is 31.4 Å². The van der Waals surface area contributed by atoms with Gasteiger partial charge in [-0.2, -0.15) is 0 Å². The fraction of sp³-hybridized carbons (Fsp3) is 0.571. The van der Waals surface area contributed by atoms with Crippen molar-refractivity contribution >= 4 is 17.9 Å². The van der Waals surface area contributed by atoms with Crippen molar-refractivity contribution < 1.29 is 30.0 Å². The van der Waals surface area contributed by atoms with E-state index in [2.05, 4.69) is 6.08 Å². The Kier molecular flexibility index (Phi) is 8.91. The summed E-state index contributed by atoms with van der Waals surface area (Å²) in [6, 6.07) is 3.85. The summed E-state index contributed by atoms with van der Waals surface area (Å²) in [7, 11) is 0. The number of phenols is 1. The van der Waals surface area contributed by atoms with Crippen molar-refractivity contribution in [3.8, 4) is 5.75 Å². The number of benzene rings is 1. The second-order valence-electron chi connectivity index (χ2n) is 9.88.